The van der Waals surface area contributed by atoms with Crippen LogP contribution < -0.4 is 10.1 Å². The van der Waals surface area contributed by atoms with Crippen LogP contribution in [0.3, 0.4) is 0 Å². The molecule has 1 fully saturated rings. The van der Waals surface area contributed by atoms with E-state index < -0.39 is 10.0 Å². The van der Waals surface area contributed by atoms with Crippen molar-refractivity contribution >= 4 is 15.9 Å². The molecule has 2 aromatic rings. The third-order valence-corrected chi connectivity index (χ3v) is 7.28. The van der Waals surface area contributed by atoms with Gasteiger partial charge in [0, 0.05) is 18.7 Å². The maximum atomic E-state index is 13.0. The molecule has 0 saturated carbocycles. The highest BCUT2D eigenvalue weighted by atomic mass is 32.2. The number of ether oxygens (including phenoxy) is 1. The quantitative estimate of drug-likeness (QED) is 0.681. The Labute approximate surface area is 179 Å². The van der Waals surface area contributed by atoms with E-state index in [-0.39, 0.29) is 10.8 Å². The van der Waals surface area contributed by atoms with Crippen LogP contribution in [-0.2, 0) is 10.0 Å². The number of nitrogens with zero attached hydrogens (tertiary/aromatic N) is 1. The highest BCUT2D eigenvalue weighted by Crippen LogP contribution is 2.24. The number of carbonyl (C=O) groups excluding carboxylic acids is 1. The molecule has 0 spiro atoms. The van der Waals surface area contributed by atoms with Crippen molar-refractivity contribution in [1.82, 2.24) is 9.62 Å². The number of rotatable bonds is 7. The van der Waals surface area contributed by atoms with E-state index >= 15 is 0 Å². The fourth-order valence-corrected chi connectivity index (χ4v) is 5.48. The van der Waals surface area contributed by atoms with Crippen LogP contribution in [0, 0.1) is 20.8 Å². The minimum Gasteiger partial charge on any atom is -0.492 e. The Morgan fingerprint density at radius 1 is 1.00 bits per heavy atom. The molecule has 30 heavy (non-hydrogen) atoms. The van der Waals surface area contributed by atoms with Crippen molar-refractivity contribution in [2.45, 2.75) is 44.9 Å². The standard InChI is InChI=1S/C23H30N2O4S/c1-17-13-18(2)15-21(14-17)29-12-9-24-23(26)20-8-7-19(3)22(16-20)30(27,28)25-10-5-4-6-11-25/h7-8,13-16H,4-6,9-12H2,1-3H3,(H,24,26). The van der Waals surface area contributed by atoms with Gasteiger partial charge in [-0.1, -0.05) is 18.6 Å². The molecule has 1 N–H and O–H groups in total. The van der Waals surface area contributed by atoms with Crippen LogP contribution in [0.1, 0.15) is 46.3 Å². The Balaban J connectivity index is 1.63. The zero-order valence-corrected chi connectivity index (χ0v) is 18.7. The Bertz CT molecular complexity index is 992. The molecule has 1 aliphatic rings. The van der Waals surface area contributed by atoms with E-state index in [4.69, 9.17) is 4.74 Å². The summed E-state index contributed by atoms with van der Waals surface area (Å²) in [6, 6.07) is 10.8. The summed E-state index contributed by atoms with van der Waals surface area (Å²) in [6.07, 6.45) is 2.80. The van der Waals surface area contributed by atoms with Crippen LogP contribution in [-0.4, -0.2) is 44.9 Å². The van der Waals surface area contributed by atoms with Gasteiger partial charge in [-0.15, -0.1) is 0 Å². The highest BCUT2D eigenvalue weighted by Gasteiger charge is 2.28. The van der Waals surface area contributed by atoms with Gasteiger partial charge in [-0.2, -0.15) is 4.31 Å². The Kier molecular flexibility index (Phi) is 7.15. The second kappa shape index (κ2) is 9.62. The first-order chi connectivity index (χ1) is 14.3. The van der Waals surface area contributed by atoms with Crippen LogP contribution in [0.15, 0.2) is 41.3 Å². The maximum Gasteiger partial charge on any atom is 0.251 e. The third-order valence-electron chi connectivity index (χ3n) is 5.23. The number of sulfonamides is 1. The lowest BCUT2D eigenvalue weighted by Gasteiger charge is -2.26. The molecule has 162 valence electrons. The molecule has 7 heteroatoms. The Morgan fingerprint density at radius 2 is 1.67 bits per heavy atom. The van der Waals surface area contributed by atoms with Gasteiger partial charge in [0.2, 0.25) is 10.0 Å². The zero-order valence-electron chi connectivity index (χ0n) is 17.9. The summed E-state index contributed by atoms with van der Waals surface area (Å²) in [5.74, 6) is 0.459. The molecule has 0 aromatic heterocycles. The third kappa shape index (κ3) is 5.40. The topological polar surface area (TPSA) is 75.7 Å². The van der Waals surface area contributed by atoms with E-state index in [1.165, 1.54) is 10.4 Å². The van der Waals surface area contributed by atoms with Crippen LogP contribution in [0.4, 0.5) is 0 Å². The average Bonchev–Trinajstić information content (AvgIpc) is 2.71. The van der Waals surface area contributed by atoms with Crippen LogP contribution >= 0.6 is 0 Å². The molecule has 0 aliphatic carbocycles. The average molecular weight is 431 g/mol. The molecule has 6 nitrogen and oxygen atoms in total. The van der Waals surface area contributed by atoms with Crippen molar-refractivity contribution < 1.29 is 17.9 Å². The van der Waals surface area contributed by atoms with Gasteiger partial charge in [0.05, 0.1) is 11.4 Å². The lowest BCUT2D eigenvalue weighted by atomic mass is 10.1. The SMILES string of the molecule is Cc1cc(C)cc(OCCNC(=O)c2ccc(C)c(S(=O)(=O)N3CCCCC3)c2)c1. The molecule has 1 heterocycles. The number of hydrogen-bond donors (Lipinski definition) is 1. The Hall–Kier alpha value is -2.38. The largest absolute Gasteiger partial charge is 0.492 e. The fraction of sp³-hybridized carbons (Fsp3) is 0.435. The van der Waals surface area contributed by atoms with Crippen molar-refractivity contribution in [3.05, 3.63) is 58.7 Å². The second-order valence-electron chi connectivity index (χ2n) is 7.87. The van der Waals surface area contributed by atoms with E-state index in [1.54, 1.807) is 19.1 Å². The molecular formula is C23H30N2O4S. The van der Waals surface area contributed by atoms with Crippen molar-refractivity contribution in [1.29, 1.82) is 0 Å². The van der Waals surface area contributed by atoms with Crippen molar-refractivity contribution in [3.8, 4) is 5.75 Å². The van der Waals surface area contributed by atoms with Gasteiger partial charge in [-0.3, -0.25) is 4.79 Å². The minimum absolute atomic E-state index is 0.212. The molecule has 1 aliphatic heterocycles. The maximum absolute atomic E-state index is 13.0. The van der Waals surface area contributed by atoms with Crippen molar-refractivity contribution in [3.63, 3.8) is 0 Å². The number of nitrogens with one attached hydrogen (secondary N) is 1. The molecule has 0 atom stereocenters. The normalized spacial score (nSPS) is 15.0. The van der Waals surface area contributed by atoms with Gasteiger partial charge in [-0.05, 0) is 74.6 Å². The number of hydrogen-bond acceptors (Lipinski definition) is 4. The summed E-state index contributed by atoms with van der Waals surface area (Å²) >= 11 is 0. The number of amides is 1. The van der Waals surface area contributed by atoms with Gasteiger partial charge in [-0.25, -0.2) is 8.42 Å². The molecule has 1 amide bonds. The van der Waals surface area contributed by atoms with E-state index in [0.717, 1.165) is 36.1 Å². The van der Waals surface area contributed by atoms with Gasteiger partial charge < -0.3 is 10.1 Å². The lowest BCUT2D eigenvalue weighted by molar-refractivity contribution is 0.0946. The van der Waals surface area contributed by atoms with E-state index in [9.17, 15) is 13.2 Å². The summed E-state index contributed by atoms with van der Waals surface area (Å²) in [5, 5.41) is 2.80. The summed E-state index contributed by atoms with van der Waals surface area (Å²) < 4.78 is 33.3. The first-order valence-corrected chi connectivity index (χ1v) is 11.8. The number of aryl methyl sites for hydroxylation is 3. The van der Waals surface area contributed by atoms with E-state index in [1.807, 2.05) is 26.0 Å². The molecular weight excluding hydrogens is 400 g/mol. The zero-order chi connectivity index (χ0) is 21.7. The summed E-state index contributed by atoms with van der Waals surface area (Å²) in [6.45, 7) is 7.51. The molecule has 3 rings (SSSR count). The van der Waals surface area contributed by atoms with Crippen LogP contribution in [0.5, 0.6) is 5.75 Å². The molecule has 0 radical (unpaired) electrons. The monoisotopic (exact) mass is 430 g/mol. The predicted octanol–water partition coefficient (Wildman–Crippen LogP) is 3.60. The van der Waals surface area contributed by atoms with Crippen LogP contribution in [0.2, 0.25) is 0 Å². The Morgan fingerprint density at radius 3 is 2.33 bits per heavy atom. The minimum atomic E-state index is -3.59. The van der Waals surface area contributed by atoms with Crippen molar-refractivity contribution in [2.24, 2.45) is 0 Å². The van der Waals surface area contributed by atoms with Gasteiger partial charge in [0.15, 0.2) is 0 Å². The lowest BCUT2D eigenvalue weighted by Crippen LogP contribution is -2.36. The van der Waals surface area contributed by atoms with E-state index in [2.05, 4.69) is 11.4 Å². The molecule has 0 unspecified atom stereocenters. The smallest absolute Gasteiger partial charge is 0.251 e. The van der Waals surface area contributed by atoms with Gasteiger partial charge in [0.1, 0.15) is 12.4 Å². The number of benzene rings is 2. The summed E-state index contributed by atoms with van der Waals surface area (Å²) in [4.78, 5) is 12.8. The number of piperidine rings is 1. The first-order valence-electron chi connectivity index (χ1n) is 10.4. The first kappa shape index (κ1) is 22.3. The van der Waals surface area contributed by atoms with Crippen LogP contribution in [0.25, 0.3) is 0 Å². The van der Waals surface area contributed by atoms with Crippen molar-refractivity contribution in [2.75, 3.05) is 26.2 Å². The highest BCUT2D eigenvalue weighted by molar-refractivity contribution is 7.89. The second-order valence-corrected chi connectivity index (χ2v) is 9.78. The van der Waals surface area contributed by atoms with Gasteiger partial charge in [0.25, 0.3) is 5.91 Å². The predicted molar refractivity (Wildman–Crippen MR) is 118 cm³/mol. The summed E-state index contributed by atoms with van der Waals surface area (Å²) in [5.41, 5.74) is 3.23. The van der Waals surface area contributed by atoms with E-state index in [0.29, 0.717) is 37.4 Å². The van der Waals surface area contributed by atoms with Gasteiger partial charge >= 0.3 is 0 Å². The molecule has 0 bridgehead atoms. The summed E-state index contributed by atoms with van der Waals surface area (Å²) in [7, 11) is -3.59. The number of carbonyl (C=O) groups is 1. The molecule has 2 aromatic carbocycles. The fourth-order valence-electron chi connectivity index (χ4n) is 3.72. The molecule has 1 saturated heterocycles.